The monoisotopic (exact) mass is 428 g/mol. The third-order valence-electron chi connectivity index (χ3n) is 4.44. The summed E-state index contributed by atoms with van der Waals surface area (Å²) in [6.45, 7) is 3.86. The van der Waals surface area contributed by atoms with E-state index in [1.54, 1.807) is 37.3 Å². The van der Waals surface area contributed by atoms with Crippen molar-refractivity contribution in [3.8, 4) is 0 Å². The Bertz CT molecular complexity index is 1140. The molecule has 0 saturated carbocycles. The van der Waals surface area contributed by atoms with E-state index >= 15 is 0 Å². The Morgan fingerprint density at radius 2 is 1.66 bits per heavy atom. The van der Waals surface area contributed by atoms with Gasteiger partial charge in [0.05, 0.1) is 4.90 Å². The molecule has 3 aromatic rings. The van der Waals surface area contributed by atoms with Gasteiger partial charge in [0.25, 0.3) is 15.9 Å². The first-order valence-corrected chi connectivity index (χ1v) is 10.8. The number of aryl methyl sites for hydroxylation is 2. The number of carbonyl (C=O) groups excluding carboxylic acids is 1. The summed E-state index contributed by atoms with van der Waals surface area (Å²) in [5.41, 5.74) is 3.08. The van der Waals surface area contributed by atoms with Crippen molar-refractivity contribution in [3.63, 3.8) is 0 Å². The van der Waals surface area contributed by atoms with Crippen LogP contribution in [0.4, 0.5) is 5.69 Å². The minimum atomic E-state index is -3.84. The summed E-state index contributed by atoms with van der Waals surface area (Å²) in [5, 5.41) is 3.33. The van der Waals surface area contributed by atoms with Crippen LogP contribution in [0.15, 0.2) is 71.6 Å². The molecule has 0 atom stereocenters. The smallest absolute Gasteiger partial charge is 0.262 e. The molecule has 3 aromatic carbocycles. The Hall–Kier alpha value is -2.83. The number of hydrogen-bond acceptors (Lipinski definition) is 3. The van der Waals surface area contributed by atoms with Crippen LogP contribution in [-0.4, -0.2) is 14.3 Å². The Morgan fingerprint density at radius 1 is 0.966 bits per heavy atom. The van der Waals surface area contributed by atoms with E-state index in [0.717, 1.165) is 11.1 Å². The molecule has 0 saturated heterocycles. The van der Waals surface area contributed by atoms with Gasteiger partial charge in [0.2, 0.25) is 0 Å². The first kappa shape index (κ1) is 20.9. The van der Waals surface area contributed by atoms with E-state index in [2.05, 4.69) is 10.0 Å². The van der Waals surface area contributed by atoms with Crippen molar-refractivity contribution in [2.24, 2.45) is 0 Å². The molecule has 0 aromatic heterocycles. The van der Waals surface area contributed by atoms with Crippen molar-refractivity contribution < 1.29 is 13.2 Å². The van der Waals surface area contributed by atoms with Gasteiger partial charge in [-0.3, -0.25) is 9.52 Å². The van der Waals surface area contributed by atoms with Crippen molar-refractivity contribution >= 4 is 33.2 Å². The standard InChI is InChI=1S/C22H21ClN2O3S/c1-15-7-11-19(12-8-15)25-29(27,28)21-13-17(10-9-16(21)2)22(26)24-14-18-5-3-4-6-20(18)23/h3-13,25H,14H2,1-2H3,(H,24,26). The van der Waals surface area contributed by atoms with Crippen molar-refractivity contribution in [1.82, 2.24) is 5.32 Å². The van der Waals surface area contributed by atoms with Crippen LogP contribution < -0.4 is 10.0 Å². The first-order valence-electron chi connectivity index (χ1n) is 8.98. The van der Waals surface area contributed by atoms with E-state index in [4.69, 9.17) is 11.6 Å². The maximum Gasteiger partial charge on any atom is 0.262 e. The summed E-state index contributed by atoms with van der Waals surface area (Å²) in [4.78, 5) is 12.6. The van der Waals surface area contributed by atoms with Crippen LogP contribution in [-0.2, 0) is 16.6 Å². The summed E-state index contributed by atoms with van der Waals surface area (Å²) in [5.74, 6) is -0.378. The molecule has 7 heteroatoms. The maximum absolute atomic E-state index is 12.8. The number of anilines is 1. The van der Waals surface area contributed by atoms with Crippen molar-refractivity contribution in [3.05, 3.63) is 94.0 Å². The number of benzene rings is 3. The molecule has 0 heterocycles. The second-order valence-electron chi connectivity index (χ2n) is 6.73. The molecular formula is C22H21ClN2O3S. The summed E-state index contributed by atoms with van der Waals surface area (Å²) in [7, 11) is -3.84. The Labute approximate surface area is 175 Å². The quantitative estimate of drug-likeness (QED) is 0.598. The van der Waals surface area contributed by atoms with Crippen LogP contribution in [0.5, 0.6) is 0 Å². The summed E-state index contributed by atoms with van der Waals surface area (Å²) in [6.07, 6.45) is 0. The van der Waals surface area contributed by atoms with Crippen LogP contribution in [0.1, 0.15) is 27.0 Å². The van der Waals surface area contributed by atoms with E-state index in [-0.39, 0.29) is 22.9 Å². The van der Waals surface area contributed by atoms with Gasteiger partial charge < -0.3 is 5.32 Å². The number of rotatable bonds is 6. The number of nitrogens with one attached hydrogen (secondary N) is 2. The zero-order chi connectivity index (χ0) is 21.0. The molecule has 0 aliphatic rings. The maximum atomic E-state index is 12.8. The van der Waals surface area contributed by atoms with Gasteiger partial charge in [-0.1, -0.05) is 53.6 Å². The SMILES string of the molecule is Cc1ccc(NS(=O)(=O)c2cc(C(=O)NCc3ccccc3Cl)ccc2C)cc1. The lowest BCUT2D eigenvalue weighted by molar-refractivity contribution is 0.0950. The van der Waals surface area contributed by atoms with Crippen LogP contribution >= 0.6 is 11.6 Å². The van der Waals surface area contributed by atoms with Crippen LogP contribution in [0, 0.1) is 13.8 Å². The third-order valence-corrected chi connectivity index (χ3v) is 6.33. The van der Waals surface area contributed by atoms with E-state index < -0.39 is 10.0 Å². The molecule has 2 N–H and O–H groups in total. The fourth-order valence-corrected chi connectivity index (χ4v) is 4.31. The average Bonchev–Trinajstić information content (AvgIpc) is 2.69. The molecule has 0 bridgehead atoms. The number of halogens is 1. The lowest BCUT2D eigenvalue weighted by atomic mass is 10.1. The van der Waals surface area contributed by atoms with E-state index in [0.29, 0.717) is 16.3 Å². The highest BCUT2D eigenvalue weighted by Gasteiger charge is 2.19. The van der Waals surface area contributed by atoms with E-state index in [9.17, 15) is 13.2 Å². The van der Waals surface area contributed by atoms with Gasteiger partial charge >= 0.3 is 0 Å². The molecule has 0 fully saturated rings. The molecule has 3 rings (SSSR count). The molecular weight excluding hydrogens is 408 g/mol. The highest BCUT2D eigenvalue weighted by Crippen LogP contribution is 2.21. The molecule has 0 aliphatic heterocycles. The number of sulfonamides is 1. The summed E-state index contributed by atoms with van der Waals surface area (Å²) >= 11 is 6.11. The number of amides is 1. The van der Waals surface area contributed by atoms with Crippen molar-refractivity contribution in [2.45, 2.75) is 25.3 Å². The third kappa shape index (κ3) is 5.16. The zero-order valence-corrected chi connectivity index (χ0v) is 17.6. The van der Waals surface area contributed by atoms with Crippen LogP contribution in [0.25, 0.3) is 0 Å². The van der Waals surface area contributed by atoms with Gasteiger partial charge in [0.15, 0.2) is 0 Å². The predicted molar refractivity (Wildman–Crippen MR) is 116 cm³/mol. The first-order chi connectivity index (χ1) is 13.8. The Morgan fingerprint density at radius 3 is 2.34 bits per heavy atom. The fourth-order valence-electron chi connectivity index (χ4n) is 2.78. The minimum absolute atomic E-state index is 0.0588. The predicted octanol–water partition coefficient (Wildman–Crippen LogP) is 4.69. The normalized spacial score (nSPS) is 11.1. The van der Waals surface area contributed by atoms with E-state index in [1.807, 2.05) is 37.3 Å². The lowest BCUT2D eigenvalue weighted by Crippen LogP contribution is -2.23. The number of hydrogen-bond donors (Lipinski definition) is 2. The molecule has 5 nitrogen and oxygen atoms in total. The molecule has 0 spiro atoms. The van der Waals surface area contributed by atoms with Crippen molar-refractivity contribution in [2.75, 3.05) is 4.72 Å². The topological polar surface area (TPSA) is 75.3 Å². The average molecular weight is 429 g/mol. The van der Waals surface area contributed by atoms with Gasteiger partial charge in [-0.05, 0) is 55.3 Å². The van der Waals surface area contributed by atoms with Crippen LogP contribution in [0.2, 0.25) is 5.02 Å². The Balaban J connectivity index is 1.80. The fraction of sp³-hybridized carbons (Fsp3) is 0.136. The summed E-state index contributed by atoms with van der Waals surface area (Å²) < 4.78 is 28.2. The second kappa shape index (κ2) is 8.68. The molecule has 0 radical (unpaired) electrons. The minimum Gasteiger partial charge on any atom is -0.348 e. The van der Waals surface area contributed by atoms with Gasteiger partial charge in [0, 0.05) is 22.8 Å². The van der Waals surface area contributed by atoms with Gasteiger partial charge in [0.1, 0.15) is 0 Å². The van der Waals surface area contributed by atoms with Crippen molar-refractivity contribution in [1.29, 1.82) is 0 Å². The summed E-state index contributed by atoms with van der Waals surface area (Å²) in [6, 6.07) is 18.9. The molecule has 1 amide bonds. The number of carbonyl (C=O) groups is 1. The second-order valence-corrected chi connectivity index (χ2v) is 8.78. The van der Waals surface area contributed by atoms with Crippen LogP contribution in [0.3, 0.4) is 0 Å². The largest absolute Gasteiger partial charge is 0.348 e. The van der Waals surface area contributed by atoms with Gasteiger partial charge in [-0.25, -0.2) is 8.42 Å². The highest BCUT2D eigenvalue weighted by molar-refractivity contribution is 7.92. The molecule has 0 aliphatic carbocycles. The zero-order valence-electron chi connectivity index (χ0n) is 16.1. The Kier molecular flexibility index (Phi) is 6.25. The highest BCUT2D eigenvalue weighted by atomic mass is 35.5. The van der Waals surface area contributed by atoms with E-state index in [1.165, 1.54) is 6.07 Å². The van der Waals surface area contributed by atoms with Gasteiger partial charge in [-0.15, -0.1) is 0 Å². The van der Waals surface area contributed by atoms with Gasteiger partial charge in [-0.2, -0.15) is 0 Å². The molecule has 0 unspecified atom stereocenters. The molecule has 29 heavy (non-hydrogen) atoms. The lowest BCUT2D eigenvalue weighted by Gasteiger charge is -2.13. The molecule has 150 valence electrons.